The third-order valence-electron chi connectivity index (χ3n) is 0.224. The fraction of sp³-hybridized carbons (Fsp3) is 0. The molecule has 0 aromatic carbocycles. The zero-order valence-electron chi connectivity index (χ0n) is 3.33. The Morgan fingerprint density at radius 1 is 1.86 bits per heavy atom. The van der Waals surface area contributed by atoms with Gasteiger partial charge in [0.15, 0.2) is 0 Å². The molecule has 0 bridgehead atoms. The third kappa shape index (κ3) is 5.00. The zero-order valence-corrected chi connectivity index (χ0v) is 3.33. The highest BCUT2D eigenvalue weighted by molar-refractivity contribution is 6.67. The molecule has 0 aromatic rings. The van der Waals surface area contributed by atoms with Crippen molar-refractivity contribution in [1.29, 1.82) is 0 Å². The molecule has 7 heavy (non-hydrogen) atoms. The lowest BCUT2D eigenvalue weighted by atomic mass is 10.0. The van der Waals surface area contributed by atoms with Gasteiger partial charge in [0, 0.05) is 0 Å². The Morgan fingerprint density at radius 3 is 2.57 bits per heavy atom. The molecule has 0 saturated heterocycles. The first-order valence-corrected chi connectivity index (χ1v) is 1.42. The second-order valence-corrected chi connectivity index (χ2v) is 0.688. The lowest BCUT2D eigenvalue weighted by Crippen LogP contribution is -2.08. The Hall–Kier alpha value is -0.995. The Morgan fingerprint density at radius 2 is 2.43 bits per heavy atom. The first-order valence-electron chi connectivity index (χ1n) is 1.42. The smallest absolute Gasteiger partial charge is 0.512 e. The molecule has 0 amide bonds. The van der Waals surface area contributed by atoms with Crippen molar-refractivity contribution in [3.8, 4) is 0 Å². The molecule has 0 fully saturated rings. The van der Waals surface area contributed by atoms with Crippen molar-refractivity contribution in [3.63, 3.8) is 0 Å². The highest BCUT2D eigenvalue weighted by atomic mass is 16.5. The second-order valence-electron chi connectivity index (χ2n) is 0.688. The van der Waals surface area contributed by atoms with E-state index in [-0.39, 0.29) is 6.47 Å². The van der Waals surface area contributed by atoms with Crippen molar-refractivity contribution in [3.05, 3.63) is 0 Å². The lowest BCUT2D eigenvalue weighted by molar-refractivity contribution is -0.120. The van der Waals surface area contributed by atoms with E-state index in [1.807, 2.05) is 0 Å². The lowest BCUT2D eigenvalue weighted by Gasteiger charge is -1.82. The molecule has 0 atom stereocenters. The van der Waals surface area contributed by atoms with Gasteiger partial charge in [-0.25, -0.2) is 0 Å². The molecule has 0 aliphatic rings. The van der Waals surface area contributed by atoms with Crippen LogP contribution in [0.25, 0.3) is 0 Å². The number of carbonyl (C=O) groups excluding carboxylic acids is 1. The summed E-state index contributed by atoms with van der Waals surface area (Å²) in [6.07, 6.45) is 0. The predicted molar refractivity (Wildman–Crippen MR) is 20.9 cm³/mol. The number of carbonyl (C=O) groups is 2. The summed E-state index contributed by atoms with van der Waals surface area (Å²) in [4.78, 5) is 18.6. The van der Waals surface area contributed by atoms with Crippen LogP contribution in [0.4, 0.5) is 4.79 Å². The largest absolute Gasteiger partial charge is 0.529 e. The maximum atomic E-state index is 9.42. The van der Waals surface area contributed by atoms with E-state index in [0.717, 1.165) is 0 Å². The van der Waals surface area contributed by atoms with E-state index in [2.05, 4.69) is 4.65 Å². The van der Waals surface area contributed by atoms with Crippen LogP contribution >= 0.6 is 0 Å². The van der Waals surface area contributed by atoms with Crippen LogP contribution in [0.2, 0.25) is 0 Å². The summed E-state index contributed by atoms with van der Waals surface area (Å²) < 4.78 is 3.69. The summed E-state index contributed by atoms with van der Waals surface area (Å²) in [7, 11) is 0.396. The van der Waals surface area contributed by atoms with Gasteiger partial charge in [-0.2, -0.15) is 0 Å². The van der Waals surface area contributed by atoms with Gasteiger partial charge in [-0.15, -0.1) is 0 Å². The first kappa shape index (κ1) is 6.00. The highest BCUT2D eigenvalue weighted by Crippen LogP contribution is 1.62. The summed E-state index contributed by atoms with van der Waals surface area (Å²) in [5.41, 5.74) is 0. The van der Waals surface area contributed by atoms with Gasteiger partial charge in [0.1, 0.15) is 0 Å². The fourth-order valence-electron chi connectivity index (χ4n) is 0.0860. The van der Waals surface area contributed by atoms with Gasteiger partial charge in [-0.3, -0.25) is 9.59 Å². The fourth-order valence-corrected chi connectivity index (χ4v) is 0.0860. The number of rotatable bonds is 3. The minimum Gasteiger partial charge on any atom is -0.529 e. The molecule has 0 unspecified atom stereocenters. The van der Waals surface area contributed by atoms with Gasteiger partial charge in [0.2, 0.25) is 0 Å². The first-order chi connectivity index (χ1) is 3.27. The number of hydrogen-bond donors (Lipinski definition) is 1. The third-order valence-corrected chi connectivity index (χ3v) is 0.224. The average Bonchev–Trinajstić information content (AvgIpc) is 1.61. The van der Waals surface area contributed by atoms with E-state index in [1.54, 1.807) is 0 Å². The van der Waals surface area contributed by atoms with Crippen LogP contribution in [0, 0.1) is 0 Å². The molecule has 0 rings (SSSR count). The normalized spacial score (nSPS) is 6.86. The van der Waals surface area contributed by atoms with Gasteiger partial charge in [0.05, 0.1) is 0 Å². The topological polar surface area (TPSA) is 63.6 Å². The van der Waals surface area contributed by atoms with Crippen LogP contribution in [-0.2, 0) is 9.45 Å². The maximum Gasteiger partial charge on any atom is 0.512 e. The number of hydrogen-bond acceptors (Lipinski definition) is 3. The molecule has 37 valence electrons. The monoisotopic (exact) mass is 101 g/mol. The molecule has 0 aliphatic heterocycles. The minimum absolute atomic E-state index is 0.0358. The Labute approximate surface area is 40.4 Å². The summed E-state index contributed by atoms with van der Waals surface area (Å²) >= 11 is 0. The van der Waals surface area contributed by atoms with Crippen molar-refractivity contribution >= 4 is 19.8 Å². The summed E-state index contributed by atoms with van der Waals surface area (Å²) in [5.74, 6) is -1.27. The SMILES string of the molecule is O=CO[B]C(=O)O. The van der Waals surface area contributed by atoms with E-state index >= 15 is 0 Å². The van der Waals surface area contributed by atoms with E-state index in [1.165, 1.54) is 0 Å². The van der Waals surface area contributed by atoms with Crippen molar-refractivity contribution in [2.24, 2.45) is 0 Å². The van der Waals surface area contributed by atoms with Crippen LogP contribution in [0.5, 0.6) is 0 Å². The summed E-state index contributed by atoms with van der Waals surface area (Å²) in [6, 6.07) is 0. The van der Waals surface area contributed by atoms with E-state index in [9.17, 15) is 9.59 Å². The molecular weight excluding hydrogens is 98.8 g/mol. The van der Waals surface area contributed by atoms with E-state index in [4.69, 9.17) is 5.11 Å². The molecular formula is C2H2BO4. The van der Waals surface area contributed by atoms with Gasteiger partial charge in [-0.05, 0) is 0 Å². The van der Waals surface area contributed by atoms with Crippen molar-refractivity contribution < 1.29 is 19.3 Å². The van der Waals surface area contributed by atoms with Crippen molar-refractivity contribution in [2.45, 2.75) is 0 Å². The quantitative estimate of drug-likeness (QED) is 0.382. The molecule has 1 radical (unpaired) electrons. The Balaban J connectivity index is 2.97. The molecule has 0 aromatic heterocycles. The second kappa shape index (κ2) is 3.20. The molecule has 0 spiro atoms. The van der Waals surface area contributed by atoms with Crippen LogP contribution in [0.15, 0.2) is 0 Å². The van der Waals surface area contributed by atoms with E-state index < -0.39 is 5.87 Å². The van der Waals surface area contributed by atoms with Crippen molar-refractivity contribution in [1.82, 2.24) is 0 Å². The molecule has 1 N–H and O–H groups in total. The Kier molecular flexibility index (Phi) is 2.75. The summed E-state index contributed by atoms with van der Waals surface area (Å²) in [6.45, 7) is 0.0358. The minimum atomic E-state index is -1.27. The molecule has 4 nitrogen and oxygen atoms in total. The van der Waals surface area contributed by atoms with Gasteiger partial charge in [-0.1, -0.05) is 0 Å². The van der Waals surface area contributed by atoms with E-state index in [0.29, 0.717) is 7.48 Å². The number of carboxylic acid groups (broad SMARTS) is 1. The highest BCUT2D eigenvalue weighted by Gasteiger charge is 1.99. The van der Waals surface area contributed by atoms with Crippen molar-refractivity contribution in [2.75, 3.05) is 0 Å². The van der Waals surface area contributed by atoms with Crippen LogP contribution in [-0.4, -0.2) is 24.9 Å². The summed E-state index contributed by atoms with van der Waals surface area (Å²) in [5, 5.41) is 7.71. The van der Waals surface area contributed by atoms with Gasteiger partial charge in [0.25, 0.3) is 12.3 Å². The Bertz CT molecular complexity index is 79.8. The molecule has 0 heterocycles. The maximum absolute atomic E-state index is 9.42. The van der Waals surface area contributed by atoms with Gasteiger partial charge >= 0.3 is 7.48 Å². The van der Waals surface area contributed by atoms with Crippen LogP contribution in [0.3, 0.4) is 0 Å². The molecule has 5 heteroatoms. The van der Waals surface area contributed by atoms with Crippen LogP contribution < -0.4 is 0 Å². The zero-order chi connectivity index (χ0) is 5.70. The predicted octanol–water partition coefficient (Wildman–Crippen LogP) is -0.543. The standard InChI is InChI=1S/C2H2BO4/c4-1-7-3-2(5)6/h1H,(H,5,6). The molecule has 0 saturated carbocycles. The average molecular weight is 101 g/mol. The van der Waals surface area contributed by atoms with Crippen LogP contribution in [0.1, 0.15) is 0 Å². The van der Waals surface area contributed by atoms with Gasteiger partial charge < -0.3 is 9.76 Å². The molecule has 0 aliphatic carbocycles.